The van der Waals surface area contributed by atoms with Crippen molar-refractivity contribution in [2.24, 2.45) is 17.6 Å². The molecule has 1 aliphatic heterocycles. The highest BCUT2D eigenvalue weighted by Gasteiger charge is 2.36. The summed E-state index contributed by atoms with van der Waals surface area (Å²) >= 11 is 0. The van der Waals surface area contributed by atoms with Crippen molar-refractivity contribution in [1.29, 1.82) is 0 Å². The van der Waals surface area contributed by atoms with E-state index in [9.17, 15) is 4.79 Å². The number of amides is 1. The number of carbonyl (C=O) groups excluding carboxylic acids is 1. The SMILES string of the molecule is COC1CCN(C(=O)C2CC(N)CCC2C)C1. The van der Waals surface area contributed by atoms with Crippen LogP contribution in [0.25, 0.3) is 0 Å². The minimum absolute atomic E-state index is 0.134. The van der Waals surface area contributed by atoms with E-state index >= 15 is 0 Å². The van der Waals surface area contributed by atoms with E-state index in [2.05, 4.69) is 6.92 Å². The molecule has 17 heavy (non-hydrogen) atoms. The van der Waals surface area contributed by atoms with Crippen LogP contribution >= 0.6 is 0 Å². The number of hydrogen-bond donors (Lipinski definition) is 1. The van der Waals surface area contributed by atoms with Gasteiger partial charge >= 0.3 is 0 Å². The highest BCUT2D eigenvalue weighted by atomic mass is 16.5. The fourth-order valence-corrected chi connectivity index (χ4v) is 3.05. The van der Waals surface area contributed by atoms with Crippen molar-refractivity contribution in [3.63, 3.8) is 0 Å². The summed E-state index contributed by atoms with van der Waals surface area (Å²) in [5.41, 5.74) is 5.98. The predicted molar refractivity (Wildman–Crippen MR) is 66.5 cm³/mol. The second kappa shape index (κ2) is 5.36. The standard InChI is InChI=1S/C13H24N2O2/c1-9-3-4-10(14)7-12(9)13(16)15-6-5-11(8-15)17-2/h9-12H,3-8,14H2,1-2H3. The Labute approximate surface area is 103 Å². The molecule has 1 heterocycles. The minimum atomic E-state index is 0.134. The number of likely N-dealkylation sites (tertiary alicyclic amines) is 1. The molecule has 0 radical (unpaired) electrons. The van der Waals surface area contributed by atoms with E-state index in [0.717, 1.165) is 38.8 Å². The third-order valence-corrected chi connectivity index (χ3v) is 4.34. The molecule has 4 heteroatoms. The maximum absolute atomic E-state index is 12.4. The number of ether oxygens (including phenoxy) is 1. The number of methoxy groups -OCH3 is 1. The molecule has 2 fully saturated rings. The molecule has 0 bridgehead atoms. The molecule has 1 saturated carbocycles. The van der Waals surface area contributed by atoms with Gasteiger partial charge in [0, 0.05) is 32.2 Å². The monoisotopic (exact) mass is 240 g/mol. The van der Waals surface area contributed by atoms with Crippen LogP contribution in [0.5, 0.6) is 0 Å². The highest BCUT2D eigenvalue weighted by Crippen LogP contribution is 2.31. The van der Waals surface area contributed by atoms with Crippen molar-refractivity contribution < 1.29 is 9.53 Å². The molecule has 98 valence electrons. The maximum atomic E-state index is 12.4. The molecule has 2 aliphatic rings. The van der Waals surface area contributed by atoms with Crippen molar-refractivity contribution in [2.45, 2.75) is 44.8 Å². The first kappa shape index (κ1) is 12.8. The Hall–Kier alpha value is -0.610. The number of rotatable bonds is 2. The van der Waals surface area contributed by atoms with Gasteiger partial charge in [-0.2, -0.15) is 0 Å². The average Bonchev–Trinajstić information content (AvgIpc) is 2.80. The summed E-state index contributed by atoms with van der Waals surface area (Å²) in [5.74, 6) is 0.908. The molecule has 1 amide bonds. The van der Waals surface area contributed by atoms with Crippen molar-refractivity contribution in [2.75, 3.05) is 20.2 Å². The van der Waals surface area contributed by atoms with Gasteiger partial charge in [-0.25, -0.2) is 0 Å². The van der Waals surface area contributed by atoms with Crippen LogP contribution in [0.2, 0.25) is 0 Å². The molecule has 0 aromatic heterocycles. The molecule has 4 unspecified atom stereocenters. The summed E-state index contributed by atoms with van der Waals surface area (Å²) in [6.07, 6.45) is 4.19. The Balaban J connectivity index is 1.94. The summed E-state index contributed by atoms with van der Waals surface area (Å²) in [7, 11) is 1.72. The molecule has 0 aromatic carbocycles. The van der Waals surface area contributed by atoms with Crippen LogP contribution in [0.4, 0.5) is 0 Å². The molecule has 1 aliphatic carbocycles. The molecule has 4 atom stereocenters. The third kappa shape index (κ3) is 2.80. The molecule has 0 spiro atoms. The lowest BCUT2D eigenvalue weighted by molar-refractivity contribution is -0.137. The topological polar surface area (TPSA) is 55.6 Å². The minimum Gasteiger partial charge on any atom is -0.380 e. The van der Waals surface area contributed by atoms with Crippen LogP contribution in [0.15, 0.2) is 0 Å². The number of carbonyl (C=O) groups is 1. The zero-order chi connectivity index (χ0) is 12.4. The largest absolute Gasteiger partial charge is 0.380 e. The fraction of sp³-hybridized carbons (Fsp3) is 0.923. The maximum Gasteiger partial charge on any atom is 0.226 e. The van der Waals surface area contributed by atoms with E-state index in [1.807, 2.05) is 4.90 Å². The van der Waals surface area contributed by atoms with Crippen molar-refractivity contribution in [3.05, 3.63) is 0 Å². The van der Waals surface area contributed by atoms with Crippen molar-refractivity contribution >= 4 is 5.91 Å². The van der Waals surface area contributed by atoms with Gasteiger partial charge in [0.05, 0.1) is 6.10 Å². The Bertz CT molecular complexity index is 283. The van der Waals surface area contributed by atoms with Crippen LogP contribution in [0.3, 0.4) is 0 Å². The summed E-state index contributed by atoms with van der Waals surface area (Å²) in [5, 5.41) is 0. The normalized spacial score (nSPS) is 38.4. The first-order chi connectivity index (χ1) is 8.11. The molecule has 2 rings (SSSR count). The van der Waals surface area contributed by atoms with Crippen molar-refractivity contribution in [1.82, 2.24) is 4.90 Å². The fourth-order valence-electron chi connectivity index (χ4n) is 3.05. The van der Waals surface area contributed by atoms with Crippen LogP contribution in [0, 0.1) is 11.8 Å². The second-order valence-electron chi connectivity index (χ2n) is 5.59. The zero-order valence-electron chi connectivity index (χ0n) is 10.9. The van der Waals surface area contributed by atoms with Gasteiger partial charge in [0.1, 0.15) is 0 Å². The summed E-state index contributed by atoms with van der Waals surface area (Å²) in [6, 6.07) is 0.209. The quantitative estimate of drug-likeness (QED) is 0.783. The second-order valence-corrected chi connectivity index (χ2v) is 5.59. The van der Waals surface area contributed by atoms with Crippen LogP contribution in [0.1, 0.15) is 32.6 Å². The smallest absolute Gasteiger partial charge is 0.226 e. The lowest BCUT2D eigenvalue weighted by Gasteiger charge is -2.34. The van der Waals surface area contributed by atoms with E-state index in [1.165, 1.54) is 0 Å². The van der Waals surface area contributed by atoms with Gasteiger partial charge < -0.3 is 15.4 Å². The van der Waals surface area contributed by atoms with Gasteiger partial charge in [-0.15, -0.1) is 0 Å². The molecular formula is C13H24N2O2. The Morgan fingerprint density at radius 3 is 2.76 bits per heavy atom. The summed E-state index contributed by atoms with van der Waals surface area (Å²) in [4.78, 5) is 14.4. The Morgan fingerprint density at radius 2 is 2.12 bits per heavy atom. The molecule has 1 saturated heterocycles. The van der Waals surface area contributed by atoms with Gasteiger partial charge in [0.25, 0.3) is 0 Å². The molecule has 2 N–H and O–H groups in total. The van der Waals surface area contributed by atoms with E-state index in [1.54, 1.807) is 7.11 Å². The molecule has 4 nitrogen and oxygen atoms in total. The number of nitrogens with two attached hydrogens (primary N) is 1. The lowest BCUT2D eigenvalue weighted by atomic mass is 9.77. The number of nitrogens with zero attached hydrogens (tertiary/aromatic N) is 1. The zero-order valence-corrected chi connectivity index (χ0v) is 10.9. The molecule has 0 aromatic rings. The van der Waals surface area contributed by atoms with Crippen LogP contribution in [-0.2, 0) is 9.53 Å². The predicted octanol–water partition coefficient (Wildman–Crippen LogP) is 0.997. The van der Waals surface area contributed by atoms with Gasteiger partial charge in [-0.1, -0.05) is 6.92 Å². The first-order valence-electron chi connectivity index (χ1n) is 6.69. The third-order valence-electron chi connectivity index (χ3n) is 4.34. The Kier molecular flexibility index (Phi) is 4.05. The summed E-state index contributed by atoms with van der Waals surface area (Å²) in [6.45, 7) is 3.78. The van der Waals surface area contributed by atoms with E-state index in [-0.39, 0.29) is 18.1 Å². The van der Waals surface area contributed by atoms with Crippen molar-refractivity contribution in [3.8, 4) is 0 Å². The van der Waals surface area contributed by atoms with E-state index < -0.39 is 0 Å². The van der Waals surface area contributed by atoms with E-state index in [0.29, 0.717) is 11.8 Å². The molecular weight excluding hydrogens is 216 g/mol. The lowest BCUT2D eigenvalue weighted by Crippen LogP contribution is -2.43. The Morgan fingerprint density at radius 1 is 1.35 bits per heavy atom. The first-order valence-corrected chi connectivity index (χ1v) is 6.69. The number of hydrogen-bond acceptors (Lipinski definition) is 3. The van der Waals surface area contributed by atoms with E-state index in [4.69, 9.17) is 10.5 Å². The summed E-state index contributed by atoms with van der Waals surface area (Å²) < 4.78 is 5.31. The van der Waals surface area contributed by atoms with Gasteiger partial charge in [0.2, 0.25) is 5.91 Å². The van der Waals surface area contributed by atoms with Crippen LogP contribution in [-0.4, -0.2) is 43.2 Å². The van der Waals surface area contributed by atoms with Gasteiger partial charge in [-0.05, 0) is 31.6 Å². The average molecular weight is 240 g/mol. The highest BCUT2D eigenvalue weighted by molar-refractivity contribution is 5.79. The van der Waals surface area contributed by atoms with Gasteiger partial charge in [0.15, 0.2) is 0 Å². The van der Waals surface area contributed by atoms with Gasteiger partial charge in [-0.3, -0.25) is 4.79 Å². The van der Waals surface area contributed by atoms with Crippen LogP contribution < -0.4 is 5.73 Å².